The second-order valence-corrected chi connectivity index (χ2v) is 8.10. The molecule has 0 aromatic heterocycles. The normalized spacial score (nSPS) is 21.4. The number of hydrogen-bond donors (Lipinski definition) is 0. The number of likely N-dealkylation sites (N-methyl/N-ethyl adjacent to an activating group) is 1. The highest BCUT2D eigenvalue weighted by molar-refractivity contribution is 5.15. The summed E-state index contributed by atoms with van der Waals surface area (Å²) < 4.78 is 18.9. The van der Waals surface area contributed by atoms with Gasteiger partial charge in [-0.1, -0.05) is 91.0 Å². The highest BCUT2D eigenvalue weighted by atomic mass is 16.5. The molecule has 4 heteroatoms. The van der Waals surface area contributed by atoms with E-state index in [1.54, 1.807) is 0 Å². The summed E-state index contributed by atoms with van der Waals surface area (Å²) in [5, 5.41) is 0. The van der Waals surface area contributed by atoms with Crippen LogP contribution in [0.2, 0.25) is 0 Å². The zero-order chi connectivity index (χ0) is 21.3. The molecule has 1 aliphatic rings. The third-order valence-corrected chi connectivity index (χ3v) is 5.77. The Morgan fingerprint density at radius 2 is 1.16 bits per heavy atom. The van der Waals surface area contributed by atoms with E-state index in [4.69, 9.17) is 14.2 Å². The molecule has 0 amide bonds. The van der Waals surface area contributed by atoms with Crippen LogP contribution in [0, 0.1) is 0 Å². The average Bonchev–Trinajstić information content (AvgIpc) is 3.12. The van der Waals surface area contributed by atoms with Crippen LogP contribution in [-0.2, 0) is 34.0 Å². The highest BCUT2D eigenvalue weighted by Gasteiger charge is 2.41. The van der Waals surface area contributed by atoms with Crippen LogP contribution >= 0.6 is 0 Å². The predicted molar refractivity (Wildman–Crippen MR) is 123 cm³/mol. The van der Waals surface area contributed by atoms with Crippen molar-refractivity contribution in [3.05, 3.63) is 108 Å². The lowest BCUT2D eigenvalue weighted by molar-refractivity contribution is -0.0811. The van der Waals surface area contributed by atoms with Crippen molar-refractivity contribution in [2.45, 2.75) is 38.1 Å². The number of rotatable bonds is 10. The molecule has 0 N–H and O–H groups in total. The van der Waals surface area contributed by atoms with Crippen molar-refractivity contribution in [1.29, 1.82) is 0 Å². The minimum absolute atomic E-state index is 0.000700. The molecule has 0 spiro atoms. The van der Waals surface area contributed by atoms with E-state index in [1.165, 1.54) is 16.7 Å². The van der Waals surface area contributed by atoms with Crippen molar-refractivity contribution in [3.63, 3.8) is 0 Å². The summed E-state index contributed by atoms with van der Waals surface area (Å²) in [7, 11) is 2.13. The van der Waals surface area contributed by atoms with Crippen molar-refractivity contribution >= 4 is 0 Å². The first-order valence-corrected chi connectivity index (χ1v) is 10.9. The minimum Gasteiger partial charge on any atom is -0.375 e. The van der Waals surface area contributed by atoms with Gasteiger partial charge in [0.05, 0.1) is 38.6 Å². The standard InChI is InChI=1S/C27H31NO3/c1-28-17-26(30-19-23-13-7-3-8-14-23)27(31-20-24-15-9-4-10-16-24)25(28)21-29-18-22-11-5-2-6-12-22/h2-16,25-27H,17-21H2,1H3/t25-,26-,27-/m1/s1. The lowest BCUT2D eigenvalue weighted by atomic mass is 10.1. The summed E-state index contributed by atoms with van der Waals surface area (Å²) in [5.41, 5.74) is 3.53. The smallest absolute Gasteiger partial charge is 0.103 e. The second kappa shape index (κ2) is 11.2. The second-order valence-electron chi connectivity index (χ2n) is 8.10. The Kier molecular flexibility index (Phi) is 7.86. The van der Waals surface area contributed by atoms with E-state index in [9.17, 15) is 0 Å². The van der Waals surface area contributed by atoms with Crippen LogP contribution in [0.5, 0.6) is 0 Å². The molecule has 31 heavy (non-hydrogen) atoms. The van der Waals surface area contributed by atoms with E-state index in [0.29, 0.717) is 26.4 Å². The first-order chi connectivity index (χ1) is 15.3. The van der Waals surface area contributed by atoms with Gasteiger partial charge in [0, 0.05) is 6.54 Å². The molecule has 1 aliphatic heterocycles. The molecule has 0 bridgehead atoms. The quantitative estimate of drug-likeness (QED) is 0.479. The number of ether oxygens (including phenoxy) is 3. The van der Waals surface area contributed by atoms with Crippen molar-refractivity contribution in [3.8, 4) is 0 Å². The van der Waals surface area contributed by atoms with E-state index < -0.39 is 0 Å². The van der Waals surface area contributed by atoms with Gasteiger partial charge >= 0.3 is 0 Å². The summed E-state index contributed by atoms with van der Waals surface area (Å²) >= 11 is 0. The third kappa shape index (κ3) is 6.25. The number of likely N-dealkylation sites (tertiary alicyclic amines) is 1. The number of nitrogens with zero attached hydrogens (tertiary/aromatic N) is 1. The molecule has 0 aliphatic carbocycles. The fraction of sp³-hybridized carbons (Fsp3) is 0.333. The Morgan fingerprint density at radius 1 is 0.677 bits per heavy atom. The summed E-state index contributed by atoms with van der Waals surface area (Å²) in [6, 6.07) is 31.1. The topological polar surface area (TPSA) is 30.9 Å². The molecule has 4 nitrogen and oxygen atoms in total. The summed E-state index contributed by atoms with van der Waals surface area (Å²) in [6.45, 7) is 3.19. The summed E-state index contributed by atoms with van der Waals surface area (Å²) in [4.78, 5) is 2.30. The lowest BCUT2D eigenvalue weighted by Crippen LogP contribution is -2.40. The van der Waals surface area contributed by atoms with Gasteiger partial charge in [0.1, 0.15) is 6.10 Å². The molecular weight excluding hydrogens is 386 g/mol. The maximum atomic E-state index is 6.43. The van der Waals surface area contributed by atoms with Gasteiger partial charge in [-0.2, -0.15) is 0 Å². The highest BCUT2D eigenvalue weighted by Crippen LogP contribution is 2.25. The molecule has 3 atom stereocenters. The van der Waals surface area contributed by atoms with Gasteiger partial charge in [0.15, 0.2) is 0 Å². The van der Waals surface area contributed by atoms with Crippen molar-refractivity contribution in [2.75, 3.05) is 20.2 Å². The molecular formula is C27H31NO3. The van der Waals surface area contributed by atoms with Gasteiger partial charge < -0.3 is 14.2 Å². The van der Waals surface area contributed by atoms with E-state index in [0.717, 1.165) is 6.54 Å². The molecule has 1 fully saturated rings. The first kappa shape index (κ1) is 21.7. The molecule has 162 valence electrons. The Morgan fingerprint density at radius 3 is 1.71 bits per heavy atom. The van der Waals surface area contributed by atoms with Gasteiger partial charge in [-0.15, -0.1) is 0 Å². The lowest BCUT2D eigenvalue weighted by Gasteiger charge is -2.26. The van der Waals surface area contributed by atoms with Crippen LogP contribution in [0.3, 0.4) is 0 Å². The summed E-state index contributed by atoms with van der Waals surface area (Å²) in [5.74, 6) is 0. The van der Waals surface area contributed by atoms with Crippen molar-refractivity contribution < 1.29 is 14.2 Å². The van der Waals surface area contributed by atoms with Crippen molar-refractivity contribution in [2.24, 2.45) is 0 Å². The van der Waals surface area contributed by atoms with Gasteiger partial charge in [0.25, 0.3) is 0 Å². The molecule has 1 heterocycles. The van der Waals surface area contributed by atoms with Crippen LogP contribution in [0.4, 0.5) is 0 Å². The maximum absolute atomic E-state index is 6.43. The van der Waals surface area contributed by atoms with E-state index in [2.05, 4.69) is 48.3 Å². The largest absolute Gasteiger partial charge is 0.375 e. The number of hydrogen-bond acceptors (Lipinski definition) is 4. The Balaban J connectivity index is 1.39. The van der Waals surface area contributed by atoms with Gasteiger partial charge in [-0.25, -0.2) is 0 Å². The monoisotopic (exact) mass is 417 g/mol. The van der Waals surface area contributed by atoms with Gasteiger partial charge in [-0.05, 0) is 23.7 Å². The van der Waals surface area contributed by atoms with E-state index in [1.807, 2.05) is 54.6 Å². The average molecular weight is 418 g/mol. The zero-order valence-corrected chi connectivity index (χ0v) is 18.1. The molecule has 0 saturated carbocycles. The van der Waals surface area contributed by atoms with E-state index in [-0.39, 0.29) is 18.2 Å². The molecule has 1 saturated heterocycles. The Hall–Kier alpha value is -2.50. The molecule has 0 radical (unpaired) electrons. The summed E-state index contributed by atoms with van der Waals surface area (Å²) in [6.07, 6.45) is -0.0519. The van der Waals surface area contributed by atoms with Crippen LogP contribution in [0.1, 0.15) is 16.7 Å². The molecule has 3 aromatic carbocycles. The SMILES string of the molecule is CN1C[C@@H](OCc2ccccc2)[C@H](OCc2ccccc2)[C@H]1COCc1ccccc1. The van der Waals surface area contributed by atoms with Gasteiger partial charge in [-0.3, -0.25) is 4.90 Å². The molecule has 0 unspecified atom stereocenters. The fourth-order valence-electron chi connectivity index (χ4n) is 4.03. The molecule has 4 rings (SSSR count). The zero-order valence-electron chi connectivity index (χ0n) is 18.1. The van der Waals surface area contributed by atoms with E-state index >= 15 is 0 Å². The fourth-order valence-corrected chi connectivity index (χ4v) is 4.03. The minimum atomic E-state index is -0.0512. The molecule has 3 aromatic rings. The third-order valence-electron chi connectivity index (χ3n) is 5.77. The van der Waals surface area contributed by atoms with Crippen LogP contribution < -0.4 is 0 Å². The van der Waals surface area contributed by atoms with Gasteiger partial charge in [0.2, 0.25) is 0 Å². The van der Waals surface area contributed by atoms with Crippen LogP contribution in [0.15, 0.2) is 91.0 Å². The Labute approximate surface area is 185 Å². The van der Waals surface area contributed by atoms with Crippen LogP contribution in [-0.4, -0.2) is 43.3 Å². The van der Waals surface area contributed by atoms with Crippen LogP contribution in [0.25, 0.3) is 0 Å². The predicted octanol–water partition coefficient (Wildman–Crippen LogP) is 4.69. The Bertz CT molecular complexity index is 888. The first-order valence-electron chi connectivity index (χ1n) is 10.9. The number of benzene rings is 3. The van der Waals surface area contributed by atoms with Crippen molar-refractivity contribution in [1.82, 2.24) is 4.90 Å². The maximum Gasteiger partial charge on any atom is 0.103 e.